The topological polar surface area (TPSA) is 9.23 Å². The SMILES string of the molecule is CCCCOc1ccc(SC)cc1C. The third kappa shape index (κ3) is 3.26. The first-order chi connectivity index (χ1) is 6.77. The smallest absolute Gasteiger partial charge is 0.122 e. The summed E-state index contributed by atoms with van der Waals surface area (Å²) in [5.74, 6) is 1.02. The molecule has 1 aromatic rings. The monoisotopic (exact) mass is 210 g/mol. The molecule has 0 radical (unpaired) electrons. The van der Waals surface area contributed by atoms with E-state index >= 15 is 0 Å². The number of benzene rings is 1. The Balaban J connectivity index is 2.59. The molecular weight excluding hydrogens is 192 g/mol. The predicted octanol–water partition coefficient (Wildman–Crippen LogP) is 3.90. The van der Waals surface area contributed by atoms with Crippen LogP contribution in [-0.4, -0.2) is 12.9 Å². The zero-order chi connectivity index (χ0) is 10.4. The molecule has 78 valence electrons. The molecule has 0 saturated heterocycles. The molecule has 0 aliphatic carbocycles. The van der Waals surface area contributed by atoms with Gasteiger partial charge in [-0.1, -0.05) is 13.3 Å². The molecule has 0 aromatic heterocycles. The largest absolute Gasteiger partial charge is 0.493 e. The molecule has 0 saturated carbocycles. The van der Waals surface area contributed by atoms with E-state index < -0.39 is 0 Å². The molecule has 0 amide bonds. The van der Waals surface area contributed by atoms with Gasteiger partial charge in [-0.05, 0) is 43.4 Å². The van der Waals surface area contributed by atoms with Gasteiger partial charge in [-0.15, -0.1) is 11.8 Å². The van der Waals surface area contributed by atoms with Crippen molar-refractivity contribution in [2.24, 2.45) is 0 Å². The van der Waals surface area contributed by atoms with Crippen molar-refractivity contribution < 1.29 is 4.74 Å². The molecule has 0 N–H and O–H groups in total. The number of ether oxygens (including phenoxy) is 1. The van der Waals surface area contributed by atoms with Crippen LogP contribution < -0.4 is 4.74 Å². The van der Waals surface area contributed by atoms with Gasteiger partial charge in [0.05, 0.1) is 6.61 Å². The van der Waals surface area contributed by atoms with Crippen molar-refractivity contribution in [3.63, 3.8) is 0 Å². The molecule has 14 heavy (non-hydrogen) atoms. The first-order valence-corrected chi connectivity index (χ1v) is 6.28. The lowest BCUT2D eigenvalue weighted by atomic mass is 10.2. The Labute approximate surface area is 90.9 Å². The molecule has 1 aromatic carbocycles. The van der Waals surface area contributed by atoms with Gasteiger partial charge in [-0.2, -0.15) is 0 Å². The summed E-state index contributed by atoms with van der Waals surface area (Å²) in [6.45, 7) is 5.10. The van der Waals surface area contributed by atoms with Crippen molar-refractivity contribution in [3.8, 4) is 5.75 Å². The van der Waals surface area contributed by atoms with Crippen LogP contribution in [-0.2, 0) is 0 Å². The van der Waals surface area contributed by atoms with Crippen LogP contribution >= 0.6 is 11.8 Å². The third-order valence-electron chi connectivity index (χ3n) is 2.14. The summed E-state index contributed by atoms with van der Waals surface area (Å²) in [5, 5.41) is 0. The maximum absolute atomic E-state index is 5.67. The van der Waals surface area contributed by atoms with Crippen molar-refractivity contribution in [2.75, 3.05) is 12.9 Å². The van der Waals surface area contributed by atoms with Crippen molar-refractivity contribution in [2.45, 2.75) is 31.6 Å². The highest BCUT2D eigenvalue weighted by Crippen LogP contribution is 2.24. The summed E-state index contributed by atoms with van der Waals surface area (Å²) in [7, 11) is 0. The van der Waals surface area contributed by atoms with Gasteiger partial charge in [0.1, 0.15) is 5.75 Å². The number of hydrogen-bond acceptors (Lipinski definition) is 2. The average molecular weight is 210 g/mol. The number of unbranched alkanes of at least 4 members (excludes halogenated alkanes) is 1. The van der Waals surface area contributed by atoms with Crippen LogP contribution in [0.2, 0.25) is 0 Å². The third-order valence-corrected chi connectivity index (χ3v) is 2.86. The normalized spacial score (nSPS) is 10.2. The van der Waals surface area contributed by atoms with E-state index in [1.54, 1.807) is 11.8 Å². The molecule has 1 nitrogen and oxygen atoms in total. The van der Waals surface area contributed by atoms with Crippen molar-refractivity contribution in [3.05, 3.63) is 23.8 Å². The van der Waals surface area contributed by atoms with Crippen molar-refractivity contribution >= 4 is 11.8 Å². The second-order valence-corrected chi connectivity index (χ2v) is 4.21. The van der Waals surface area contributed by atoms with Gasteiger partial charge in [0.25, 0.3) is 0 Å². The Bertz CT molecular complexity index is 284. The maximum atomic E-state index is 5.67. The van der Waals surface area contributed by atoms with Crippen LogP contribution in [0.4, 0.5) is 0 Å². The Kier molecular flexibility index (Phi) is 4.88. The second-order valence-electron chi connectivity index (χ2n) is 3.33. The highest BCUT2D eigenvalue weighted by Gasteiger charge is 1.99. The lowest BCUT2D eigenvalue weighted by Gasteiger charge is -2.09. The van der Waals surface area contributed by atoms with E-state index in [0.717, 1.165) is 18.8 Å². The van der Waals surface area contributed by atoms with E-state index in [1.807, 2.05) is 0 Å². The fraction of sp³-hybridized carbons (Fsp3) is 0.500. The van der Waals surface area contributed by atoms with E-state index in [-0.39, 0.29) is 0 Å². The fourth-order valence-electron chi connectivity index (χ4n) is 1.24. The maximum Gasteiger partial charge on any atom is 0.122 e. The van der Waals surface area contributed by atoms with Gasteiger partial charge in [-0.25, -0.2) is 0 Å². The average Bonchev–Trinajstić information content (AvgIpc) is 2.20. The van der Waals surface area contributed by atoms with Crippen LogP contribution in [0.5, 0.6) is 5.75 Å². The fourth-order valence-corrected chi connectivity index (χ4v) is 1.74. The minimum absolute atomic E-state index is 0.829. The quantitative estimate of drug-likeness (QED) is 0.538. The first-order valence-electron chi connectivity index (χ1n) is 5.05. The molecular formula is C12H18OS. The minimum Gasteiger partial charge on any atom is -0.493 e. The van der Waals surface area contributed by atoms with Gasteiger partial charge in [0.15, 0.2) is 0 Å². The molecule has 0 fully saturated rings. The molecule has 0 spiro atoms. The molecule has 2 heteroatoms. The van der Waals surface area contributed by atoms with Crippen LogP contribution in [0.25, 0.3) is 0 Å². The van der Waals surface area contributed by atoms with Gasteiger partial charge >= 0.3 is 0 Å². The van der Waals surface area contributed by atoms with Crippen LogP contribution in [0.15, 0.2) is 23.1 Å². The van der Waals surface area contributed by atoms with E-state index in [1.165, 1.54) is 16.9 Å². The van der Waals surface area contributed by atoms with Crippen LogP contribution in [0, 0.1) is 6.92 Å². The lowest BCUT2D eigenvalue weighted by molar-refractivity contribution is 0.307. The highest BCUT2D eigenvalue weighted by atomic mass is 32.2. The summed E-state index contributed by atoms with van der Waals surface area (Å²) in [6, 6.07) is 6.35. The Morgan fingerprint density at radius 2 is 2.14 bits per heavy atom. The summed E-state index contributed by atoms with van der Waals surface area (Å²) in [5.41, 5.74) is 1.23. The zero-order valence-electron chi connectivity index (χ0n) is 9.17. The minimum atomic E-state index is 0.829. The Morgan fingerprint density at radius 3 is 2.71 bits per heavy atom. The number of rotatable bonds is 5. The van der Waals surface area contributed by atoms with Crippen molar-refractivity contribution in [1.82, 2.24) is 0 Å². The van der Waals surface area contributed by atoms with Gasteiger partial charge < -0.3 is 4.74 Å². The lowest BCUT2D eigenvalue weighted by Crippen LogP contribution is -1.97. The second kappa shape index (κ2) is 5.97. The summed E-state index contributed by atoms with van der Waals surface area (Å²) in [4.78, 5) is 1.30. The van der Waals surface area contributed by atoms with Gasteiger partial charge in [0, 0.05) is 4.90 Å². The number of hydrogen-bond donors (Lipinski definition) is 0. The standard InChI is InChI=1S/C12H18OS/c1-4-5-8-13-12-7-6-11(14-3)9-10(12)2/h6-7,9H,4-5,8H2,1-3H3. The van der Waals surface area contributed by atoms with E-state index in [2.05, 4.69) is 38.3 Å². The van der Waals surface area contributed by atoms with Gasteiger partial charge in [-0.3, -0.25) is 0 Å². The summed E-state index contributed by atoms with van der Waals surface area (Å²) < 4.78 is 5.67. The Hall–Kier alpha value is -0.630. The van der Waals surface area contributed by atoms with Crippen LogP contribution in [0.1, 0.15) is 25.3 Å². The van der Waals surface area contributed by atoms with Crippen molar-refractivity contribution in [1.29, 1.82) is 0 Å². The summed E-state index contributed by atoms with van der Waals surface area (Å²) >= 11 is 1.76. The molecule has 0 unspecified atom stereocenters. The summed E-state index contributed by atoms with van der Waals surface area (Å²) in [6.07, 6.45) is 4.40. The van der Waals surface area contributed by atoms with E-state index in [0.29, 0.717) is 0 Å². The molecule has 0 aliphatic heterocycles. The zero-order valence-corrected chi connectivity index (χ0v) is 9.99. The van der Waals surface area contributed by atoms with E-state index in [4.69, 9.17) is 4.74 Å². The van der Waals surface area contributed by atoms with E-state index in [9.17, 15) is 0 Å². The number of thioether (sulfide) groups is 1. The molecule has 0 atom stereocenters. The molecule has 0 bridgehead atoms. The number of aryl methyl sites for hydroxylation is 1. The molecule has 0 heterocycles. The molecule has 0 aliphatic rings. The first kappa shape index (κ1) is 11.4. The van der Waals surface area contributed by atoms with Crippen LogP contribution in [0.3, 0.4) is 0 Å². The van der Waals surface area contributed by atoms with Gasteiger partial charge in [0.2, 0.25) is 0 Å². The molecule has 1 rings (SSSR count). The highest BCUT2D eigenvalue weighted by molar-refractivity contribution is 7.98. The Morgan fingerprint density at radius 1 is 1.36 bits per heavy atom. The predicted molar refractivity (Wildman–Crippen MR) is 63.4 cm³/mol.